The number of carboxylic acid groups (broad SMARTS) is 2. The molecule has 132 valence electrons. The number of hydrogen-bond donors (Lipinski definition) is 4. The van der Waals surface area contributed by atoms with Crippen LogP contribution in [0.4, 0.5) is 4.79 Å². The van der Waals surface area contributed by atoms with E-state index in [-0.39, 0.29) is 19.4 Å². The maximum absolute atomic E-state index is 11.7. The van der Waals surface area contributed by atoms with Gasteiger partial charge in [-0.1, -0.05) is 30.3 Å². The van der Waals surface area contributed by atoms with Crippen LogP contribution in [0.2, 0.25) is 0 Å². The topological polar surface area (TPSA) is 139 Å². The molecule has 1 aromatic rings. The number of hydrogen-bond acceptors (Lipinski definition) is 5. The van der Waals surface area contributed by atoms with Gasteiger partial charge in [0, 0.05) is 6.04 Å². The quantitative estimate of drug-likeness (QED) is 0.530. The Balaban J connectivity index is 2.59. The van der Waals surface area contributed by atoms with Crippen LogP contribution in [0.5, 0.6) is 0 Å². The molecule has 1 unspecified atom stereocenters. The summed E-state index contributed by atoms with van der Waals surface area (Å²) in [6, 6.07) is 7.12. The molecular formula is C16H22N2O6. The average molecular weight is 338 g/mol. The Labute approximate surface area is 139 Å². The molecule has 24 heavy (non-hydrogen) atoms. The zero-order valence-electron chi connectivity index (χ0n) is 13.3. The van der Waals surface area contributed by atoms with Crippen molar-refractivity contribution in [1.29, 1.82) is 0 Å². The summed E-state index contributed by atoms with van der Waals surface area (Å²) in [4.78, 5) is 34.2. The highest BCUT2D eigenvalue weighted by molar-refractivity contribution is 5.81. The van der Waals surface area contributed by atoms with E-state index in [2.05, 4.69) is 5.32 Å². The number of carboxylic acids is 2. The highest BCUT2D eigenvalue weighted by Gasteiger charge is 2.29. The van der Waals surface area contributed by atoms with Gasteiger partial charge in [0.25, 0.3) is 0 Å². The number of amides is 1. The third kappa shape index (κ3) is 7.10. The second-order valence-electron chi connectivity index (χ2n) is 5.58. The van der Waals surface area contributed by atoms with Gasteiger partial charge in [-0.05, 0) is 25.3 Å². The summed E-state index contributed by atoms with van der Waals surface area (Å²) in [6.07, 6.45) is -1.08. The maximum atomic E-state index is 11.7. The molecule has 1 amide bonds. The lowest BCUT2D eigenvalue weighted by molar-refractivity contribution is -0.144. The summed E-state index contributed by atoms with van der Waals surface area (Å²) in [5.74, 6) is -3.46. The standard InChI is InChI=1S/C16H22N2O6/c1-10(17)7-12(14(19)20)8-13(15(21)22)18-16(23)24-9-11-5-3-2-4-6-11/h2-6,10,12-13H,7-9,17H2,1H3,(H,18,23)(H,19,20)(H,21,22)/t10?,12-,13-/m0/s1. The second-order valence-corrected chi connectivity index (χ2v) is 5.58. The van der Waals surface area contributed by atoms with Gasteiger partial charge in [0.2, 0.25) is 0 Å². The fourth-order valence-electron chi connectivity index (χ4n) is 2.16. The van der Waals surface area contributed by atoms with E-state index in [1.165, 1.54) is 0 Å². The van der Waals surface area contributed by atoms with Gasteiger partial charge >= 0.3 is 18.0 Å². The SMILES string of the molecule is CC(N)C[C@@H](C[C@H](NC(=O)OCc1ccccc1)C(=O)O)C(=O)O. The Kier molecular flexibility index (Phi) is 7.70. The number of aliphatic carboxylic acids is 2. The fraction of sp³-hybridized carbons (Fsp3) is 0.438. The molecule has 0 fully saturated rings. The molecule has 3 atom stereocenters. The summed E-state index contributed by atoms with van der Waals surface area (Å²) < 4.78 is 4.95. The van der Waals surface area contributed by atoms with Crippen LogP contribution in [-0.4, -0.2) is 40.3 Å². The predicted molar refractivity (Wildman–Crippen MR) is 85.2 cm³/mol. The molecule has 0 aromatic heterocycles. The molecule has 0 aliphatic rings. The van der Waals surface area contributed by atoms with E-state index in [0.717, 1.165) is 5.56 Å². The van der Waals surface area contributed by atoms with Crippen LogP contribution in [-0.2, 0) is 20.9 Å². The zero-order chi connectivity index (χ0) is 18.1. The van der Waals surface area contributed by atoms with Crippen molar-refractivity contribution >= 4 is 18.0 Å². The molecule has 0 aliphatic heterocycles. The Morgan fingerprint density at radius 1 is 1.12 bits per heavy atom. The molecule has 0 saturated carbocycles. The molecule has 8 nitrogen and oxygen atoms in total. The van der Waals surface area contributed by atoms with Crippen molar-refractivity contribution in [3.8, 4) is 0 Å². The minimum Gasteiger partial charge on any atom is -0.481 e. The van der Waals surface area contributed by atoms with Crippen LogP contribution in [0, 0.1) is 5.92 Å². The van der Waals surface area contributed by atoms with Crippen LogP contribution < -0.4 is 11.1 Å². The largest absolute Gasteiger partial charge is 0.481 e. The number of ether oxygens (including phenoxy) is 1. The number of carbonyl (C=O) groups is 3. The number of rotatable bonds is 9. The fourth-order valence-corrected chi connectivity index (χ4v) is 2.16. The molecule has 0 aliphatic carbocycles. The number of nitrogens with two attached hydrogens (primary N) is 1. The Bertz CT molecular complexity index is 561. The summed E-state index contributed by atoms with van der Waals surface area (Å²) in [6.45, 7) is 1.62. The first-order valence-corrected chi connectivity index (χ1v) is 7.48. The van der Waals surface area contributed by atoms with E-state index in [1.54, 1.807) is 31.2 Å². The van der Waals surface area contributed by atoms with Crippen molar-refractivity contribution in [2.24, 2.45) is 11.7 Å². The molecule has 0 heterocycles. The van der Waals surface area contributed by atoms with E-state index >= 15 is 0 Å². The van der Waals surface area contributed by atoms with Gasteiger partial charge in [-0.2, -0.15) is 0 Å². The van der Waals surface area contributed by atoms with Crippen LogP contribution in [0.15, 0.2) is 30.3 Å². The summed E-state index contributed by atoms with van der Waals surface area (Å²) in [7, 11) is 0. The third-order valence-corrected chi connectivity index (χ3v) is 3.33. The highest BCUT2D eigenvalue weighted by Crippen LogP contribution is 2.14. The number of nitrogens with one attached hydrogen (secondary N) is 1. The summed E-state index contributed by atoms with van der Waals surface area (Å²) in [5, 5.41) is 20.5. The van der Waals surface area contributed by atoms with Gasteiger partial charge in [-0.3, -0.25) is 4.79 Å². The van der Waals surface area contributed by atoms with E-state index < -0.39 is 36.0 Å². The number of alkyl carbamates (subject to hydrolysis) is 1. The highest BCUT2D eigenvalue weighted by atomic mass is 16.5. The molecular weight excluding hydrogens is 316 g/mol. The van der Waals surface area contributed by atoms with Gasteiger partial charge in [-0.15, -0.1) is 0 Å². The molecule has 5 N–H and O–H groups in total. The lowest BCUT2D eigenvalue weighted by Crippen LogP contribution is -2.43. The predicted octanol–water partition coefficient (Wildman–Crippen LogP) is 1.19. The van der Waals surface area contributed by atoms with Crippen molar-refractivity contribution in [2.45, 2.75) is 38.5 Å². The molecule has 0 bridgehead atoms. The van der Waals surface area contributed by atoms with Gasteiger partial charge in [0.15, 0.2) is 0 Å². The van der Waals surface area contributed by atoms with Crippen molar-refractivity contribution in [3.05, 3.63) is 35.9 Å². The first-order valence-electron chi connectivity index (χ1n) is 7.48. The smallest absolute Gasteiger partial charge is 0.408 e. The Hall–Kier alpha value is -2.61. The van der Waals surface area contributed by atoms with Gasteiger partial charge < -0.3 is 26.0 Å². The maximum Gasteiger partial charge on any atom is 0.408 e. The molecule has 0 spiro atoms. The summed E-state index contributed by atoms with van der Waals surface area (Å²) in [5.41, 5.74) is 6.32. The van der Waals surface area contributed by atoms with Crippen LogP contribution in [0.3, 0.4) is 0 Å². The van der Waals surface area contributed by atoms with Crippen LogP contribution >= 0.6 is 0 Å². The molecule has 1 aromatic carbocycles. The minimum absolute atomic E-state index is 0.0127. The van der Waals surface area contributed by atoms with Crippen molar-refractivity contribution in [3.63, 3.8) is 0 Å². The molecule has 0 radical (unpaired) electrons. The number of benzene rings is 1. The van der Waals surface area contributed by atoms with Crippen molar-refractivity contribution in [2.75, 3.05) is 0 Å². The van der Waals surface area contributed by atoms with E-state index in [9.17, 15) is 19.5 Å². The Morgan fingerprint density at radius 3 is 2.25 bits per heavy atom. The van der Waals surface area contributed by atoms with Gasteiger partial charge in [-0.25, -0.2) is 9.59 Å². The summed E-state index contributed by atoms with van der Waals surface area (Å²) >= 11 is 0. The second kappa shape index (κ2) is 9.51. The van der Waals surface area contributed by atoms with Crippen LogP contribution in [0.25, 0.3) is 0 Å². The van der Waals surface area contributed by atoms with Crippen LogP contribution in [0.1, 0.15) is 25.3 Å². The first-order chi connectivity index (χ1) is 11.3. The van der Waals surface area contributed by atoms with E-state index in [0.29, 0.717) is 0 Å². The van der Waals surface area contributed by atoms with E-state index in [4.69, 9.17) is 15.6 Å². The molecule has 8 heteroatoms. The average Bonchev–Trinajstić information content (AvgIpc) is 2.51. The van der Waals surface area contributed by atoms with Gasteiger partial charge in [0.05, 0.1) is 5.92 Å². The van der Waals surface area contributed by atoms with E-state index in [1.807, 2.05) is 6.07 Å². The first kappa shape index (κ1) is 19.4. The molecule has 1 rings (SSSR count). The van der Waals surface area contributed by atoms with Crippen molar-refractivity contribution in [1.82, 2.24) is 5.32 Å². The third-order valence-electron chi connectivity index (χ3n) is 3.33. The lowest BCUT2D eigenvalue weighted by atomic mass is 9.93. The minimum atomic E-state index is -1.37. The normalized spacial score (nSPS) is 14.2. The monoisotopic (exact) mass is 338 g/mol. The number of carbonyl (C=O) groups excluding carboxylic acids is 1. The molecule has 0 saturated heterocycles. The zero-order valence-corrected chi connectivity index (χ0v) is 13.3. The Morgan fingerprint density at radius 2 is 1.75 bits per heavy atom. The van der Waals surface area contributed by atoms with Crippen molar-refractivity contribution < 1.29 is 29.3 Å². The van der Waals surface area contributed by atoms with Gasteiger partial charge in [0.1, 0.15) is 12.6 Å². The lowest BCUT2D eigenvalue weighted by Gasteiger charge is -2.20.